The molecule has 0 aromatic carbocycles. The number of ether oxygens (including phenoxy) is 1. The molecule has 1 aromatic heterocycles. The quantitative estimate of drug-likeness (QED) is 0.889. The van der Waals surface area contributed by atoms with Crippen molar-refractivity contribution in [2.45, 2.75) is 32.1 Å². The predicted molar refractivity (Wildman–Crippen MR) is 70.9 cm³/mol. The fourth-order valence-corrected chi connectivity index (χ4v) is 2.52. The fourth-order valence-electron chi connectivity index (χ4n) is 2.36. The van der Waals surface area contributed by atoms with Crippen LogP contribution in [-0.4, -0.2) is 18.6 Å². The Bertz CT molecular complexity index is 364. The van der Waals surface area contributed by atoms with Crippen molar-refractivity contribution in [3.8, 4) is 5.88 Å². The molecule has 1 heterocycles. The number of nitrogens with zero attached hydrogens (tertiary/aromatic N) is 1. The second-order valence-electron chi connectivity index (χ2n) is 4.60. The van der Waals surface area contributed by atoms with Crippen LogP contribution < -0.4 is 10.1 Å². The minimum absolute atomic E-state index is 0.616. The predicted octanol–water partition coefficient (Wildman–Crippen LogP) is 3.74. The summed E-state index contributed by atoms with van der Waals surface area (Å²) in [4.78, 5) is 4.14. The van der Waals surface area contributed by atoms with E-state index in [-0.39, 0.29) is 0 Å². The van der Waals surface area contributed by atoms with Crippen LogP contribution in [0.2, 0.25) is 5.02 Å². The van der Waals surface area contributed by atoms with Crippen molar-refractivity contribution < 1.29 is 4.74 Å². The molecule has 2 rings (SSSR count). The van der Waals surface area contributed by atoms with Gasteiger partial charge in [0, 0.05) is 12.7 Å². The van der Waals surface area contributed by atoms with Crippen LogP contribution in [-0.2, 0) is 0 Å². The molecule has 17 heavy (non-hydrogen) atoms. The number of nitrogens with one attached hydrogen (secondary N) is 1. The van der Waals surface area contributed by atoms with Crippen LogP contribution in [0.4, 0.5) is 5.69 Å². The lowest BCUT2D eigenvalue weighted by Crippen LogP contribution is -2.17. The molecule has 1 fully saturated rings. The maximum absolute atomic E-state index is 5.94. The van der Waals surface area contributed by atoms with Crippen LogP contribution in [0.15, 0.2) is 12.3 Å². The first-order valence-corrected chi connectivity index (χ1v) is 6.61. The van der Waals surface area contributed by atoms with E-state index in [0.717, 1.165) is 18.2 Å². The molecule has 0 amide bonds. The molecule has 0 spiro atoms. The molecular weight excluding hydrogens is 236 g/mol. The molecule has 0 saturated heterocycles. The smallest absolute Gasteiger partial charge is 0.237 e. The third-order valence-electron chi connectivity index (χ3n) is 3.32. The maximum Gasteiger partial charge on any atom is 0.237 e. The Morgan fingerprint density at radius 2 is 2.18 bits per heavy atom. The number of methoxy groups -OCH3 is 1. The van der Waals surface area contributed by atoms with Crippen molar-refractivity contribution in [1.29, 1.82) is 0 Å². The van der Waals surface area contributed by atoms with E-state index >= 15 is 0 Å². The summed E-state index contributed by atoms with van der Waals surface area (Å²) in [5.74, 6) is 1.39. The highest BCUT2D eigenvalue weighted by Crippen LogP contribution is 2.27. The van der Waals surface area contributed by atoms with E-state index in [2.05, 4.69) is 10.3 Å². The van der Waals surface area contributed by atoms with Gasteiger partial charge in [-0.3, -0.25) is 0 Å². The van der Waals surface area contributed by atoms with Gasteiger partial charge < -0.3 is 10.1 Å². The average molecular weight is 255 g/mol. The molecule has 1 aromatic rings. The second kappa shape index (κ2) is 6.10. The Kier molecular flexibility index (Phi) is 4.49. The molecular formula is C13H19ClN2O. The molecule has 0 radical (unpaired) electrons. The Morgan fingerprint density at radius 3 is 2.88 bits per heavy atom. The van der Waals surface area contributed by atoms with Gasteiger partial charge in [-0.1, -0.05) is 30.9 Å². The first kappa shape index (κ1) is 12.5. The first-order valence-electron chi connectivity index (χ1n) is 6.23. The van der Waals surface area contributed by atoms with Crippen LogP contribution in [0, 0.1) is 5.92 Å². The highest BCUT2D eigenvalue weighted by molar-refractivity contribution is 6.30. The van der Waals surface area contributed by atoms with Crippen molar-refractivity contribution in [3.05, 3.63) is 17.3 Å². The number of halogens is 1. The average Bonchev–Trinajstić information content (AvgIpc) is 2.38. The van der Waals surface area contributed by atoms with Crippen molar-refractivity contribution in [2.75, 3.05) is 19.0 Å². The third kappa shape index (κ3) is 3.50. The van der Waals surface area contributed by atoms with Gasteiger partial charge in [-0.25, -0.2) is 4.98 Å². The van der Waals surface area contributed by atoms with Gasteiger partial charge in [-0.15, -0.1) is 0 Å². The highest BCUT2D eigenvalue weighted by Gasteiger charge is 2.14. The number of aromatic nitrogens is 1. The van der Waals surface area contributed by atoms with Crippen LogP contribution in [0.1, 0.15) is 32.1 Å². The minimum Gasteiger partial charge on any atom is -0.480 e. The lowest BCUT2D eigenvalue weighted by Gasteiger charge is -2.22. The Hall–Kier alpha value is -0.960. The zero-order valence-electron chi connectivity index (χ0n) is 10.2. The number of pyridine rings is 1. The molecule has 4 heteroatoms. The lowest BCUT2D eigenvalue weighted by molar-refractivity contribution is 0.371. The number of anilines is 1. The summed E-state index contributed by atoms with van der Waals surface area (Å²) in [5.41, 5.74) is 0.894. The zero-order chi connectivity index (χ0) is 12.1. The molecule has 0 bridgehead atoms. The lowest BCUT2D eigenvalue weighted by atomic mass is 9.89. The van der Waals surface area contributed by atoms with Gasteiger partial charge in [-0.05, 0) is 24.8 Å². The van der Waals surface area contributed by atoms with Gasteiger partial charge in [0.25, 0.3) is 0 Å². The van der Waals surface area contributed by atoms with Crippen molar-refractivity contribution in [3.63, 3.8) is 0 Å². The normalized spacial score (nSPS) is 16.8. The highest BCUT2D eigenvalue weighted by atomic mass is 35.5. The molecule has 0 atom stereocenters. The summed E-state index contributed by atoms with van der Waals surface area (Å²) in [5, 5.41) is 4.04. The van der Waals surface area contributed by atoms with E-state index in [0.29, 0.717) is 10.9 Å². The standard InChI is InChI=1S/C13H19ClN2O/c1-17-13-12(7-11(14)9-16-13)15-8-10-5-3-2-4-6-10/h7,9-10,15H,2-6,8H2,1H3. The zero-order valence-corrected chi connectivity index (χ0v) is 11.0. The van der Waals surface area contributed by atoms with Gasteiger partial charge in [-0.2, -0.15) is 0 Å². The largest absolute Gasteiger partial charge is 0.480 e. The van der Waals surface area contributed by atoms with Crippen molar-refractivity contribution in [1.82, 2.24) is 4.98 Å². The van der Waals surface area contributed by atoms with Gasteiger partial charge in [0.2, 0.25) is 5.88 Å². The Labute approximate surface area is 108 Å². The molecule has 1 saturated carbocycles. The van der Waals surface area contributed by atoms with E-state index in [9.17, 15) is 0 Å². The molecule has 94 valence electrons. The second-order valence-corrected chi connectivity index (χ2v) is 5.03. The third-order valence-corrected chi connectivity index (χ3v) is 3.52. The first-order chi connectivity index (χ1) is 8.29. The Balaban J connectivity index is 1.95. The van der Waals surface area contributed by atoms with E-state index in [4.69, 9.17) is 16.3 Å². The molecule has 3 nitrogen and oxygen atoms in total. The Morgan fingerprint density at radius 1 is 1.41 bits per heavy atom. The van der Waals surface area contributed by atoms with Gasteiger partial charge >= 0.3 is 0 Å². The fraction of sp³-hybridized carbons (Fsp3) is 0.615. The summed E-state index contributed by atoms with van der Waals surface area (Å²) in [6, 6.07) is 1.87. The summed E-state index contributed by atoms with van der Waals surface area (Å²) < 4.78 is 5.21. The van der Waals surface area contributed by atoms with Crippen LogP contribution in [0.3, 0.4) is 0 Å². The van der Waals surface area contributed by atoms with E-state index < -0.39 is 0 Å². The summed E-state index contributed by atoms with van der Waals surface area (Å²) in [6.45, 7) is 0.985. The summed E-state index contributed by atoms with van der Waals surface area (Å²) >= 11 is 5.94. The van der Waals surface area contributed by atoms with E-state index in [1.165, 1.54) is 32.1 Å². The minimum atomic E-state index is 0.616. The molecule has 0 unspecified atom stereocenters. The van der Waals surface area contributed by atoms with Gasteiger partial charge in [0.15, 0.2) is 0 Å². The van der Waals surface area contributed by atoms with Gasteiger partial charge in [0.05, 0.1) is 17.8 Å². The number of hydrogen-bond acceptors (Lipinski definition) is 3. The van der Waals surface area contributed by atoms with Crippen molar-refractivity contribution >= 4 is 17.3 Å². The van der Waals surface area contributed by atoms with E-state index in [1.54, 1.807) is 13.3 Å². The molecule has 1 aliphatic rings. The molecule has 1 N–H and O–H groups in total. The molecule has 0 aliphatic heterocycles. The van der Waals surface area contributed by atoms with Crippen molar-refractivity contribution in [2.24, 2.45) is 5.92 Å². The summed E-state index contributed by atoms with van der Waals surface area (Å²) in [7, 11) is 1.63. The van der Waals surface area contributed by atoms with E-state index in [1.807, 2.05) is 6.07 Å². The molecule has 1 aliphatic carbocycles. The maximum atomic E-state index is 5.94. The van der Waals surface area contributed by atoms with Crippen LogP contribution in [0.5, 0.6) is 5.88 Å². The SMILES string of the molecule is COc1ncc(Cl)cc1NCC1CCCCC1. The topological polar surface area (TPSA) is 34.1 Å². The van der Waals surface area contributed by atoms with Gasteiger partial charge in [0.1, 0.15) is 0 Å². The monoisotopic (exact) mass is 254 g/mol. The number of rotatable bonds is 4. The number of hydrogen-bond donors (Lipinski definition) is 1. The summed E-state index contributed by atoms with van der Waals surface area (Å²) in [6.07, 6.45) is 8.35. The van der Waals surface area contributed by atoms with Crippen LogP contribution in [0.25, 0.3) is 0 Å². The van der Waals surface area contributed by atoms with Crippen LogP contribution >= 0.6 is 11.6 Å².